The van der Waals surface area contributed by atoms with Crippen LogP contribution in [0.2, 0.25) is 0 Å². The summed E-state index contributed by atoms with van der Waals surface area (Å²) >= 11 is 0. The molecule has 1 N–H and O–H groups in total. The fraction of sp³-hybridized carbons (Fsp3) is 0.571. The highest BCUT2D eigenvalue weighted by Crippen LogP contribution is 2.39. The smallest absolute Gasteiger partial charge is 0.163 e. The van der Waals surface area contributed by atoms with Crippen molar-refractivity contribution in [3.05, 3.63) is 30.3 Å². The van der Waals surface area contributed by atoms with E-state index in [0.717, 1.165) is 18.5 Å². The minimum absolute atomic E-state index is 0.185. The topological polar surface area (TPSA) is 30.5 Å². The van der Waals surface area contributed by atoms with Crippen LogP contribution in [-0.4, -0.2) is 24.0 Å². The van der Waals surface area contributed by atoms with Gasteiger partial charge in [0.15, 0.2) is 5.79 Å². The van der Waals surface area contributed by atoms with E-state index >= 15 is 0 Å². The van der Waals surface area contributed by atoms with Crippen molar-refractivity contribution in [2.45, 2.75) is 50.7 Å². The second kappa shape index (κ2) is 4.00. The molecule has 3 rings (SSSR count). The average molecular weight is 233 g/mol. The lowest BCUT2D eigenvalue weighted by Gasteiger charge is -2.23. The van der Waals surface area contributed by atoms with Crippen molar-refractivity contribution < 1.29 is 9.47 Å². The number of hydrogen-bond donors (Lipinski definition) is 1. The number of rotatable bonds is 2. The molecule has 0 unspecified atom stereocenters. The number of hydrogen-bond acceptors (Lipinski definition) is 3. The maximum Gasteiger partial charge on any atom is 0.163 e. The van der Waals surface area contributed by atoms with Gasteiger partial charge in [0.05, 0.1) is 12.1 Å². The van der Waals surface area contributed by atoms with Crippen LogP contribution in [0.3, 0.4) is 0 Å². The third kappa shape index (κ3) is 2.17. The van der Waals surface area contributed by atoms with Crippen LogP contribution >= 0.6 is 0 Å². The van der Waals surface area contributed by atoms with Crippen LogP contribution in [0.25, 0.3) is 0 Å². The van der Waals surface area contributed by atoms with Gasteiger partial charge in [-0.05, 0) is 38.8 Å². The molecular formula is C14H19NO2. The third-order valence-corrected chi connectivity index (χ3v) is 3.51. The number of para-hydroxylation sites is 1. The van der Waals surface area contributed by atoms with E-state index in [0.29, 0.717) is 6.04 Å². The Labute approximate surface area is 102 Å². The Morgan fingerprint density at radius 3 is 2.65 bits per heavy atom. The summed E-state index contributed by atoms with van der Waals surface area (Å²) in [5, 5.41) is 3.55. The molecule has 1 saturated carbocycles. The van der Waals surface area contributed by atoms with Crippen LogP contribution in [0.1, 0.15) is 26.7 Å². The van der Waals surface area contributed by atoms with Crippen LogP contribution in [0.4, 0.5) is 5.69 Å². The maximum absolute atomic E-state index is 5.97. The summed E-state index contributed by atoms with van der Waals surface area (Å²) in [7, 11) is 0. The highest BCUT2D eigenvalue weighted by Gasteiger charge is 2.48. The minimum atomic E-state index is -0.424. The van der Waals surface area contributed by atoms with Gasteiger partial charge in [-0.25, -0.2) is 0 Å². The first-order valence-corrected chi connectivity index (χ1v) is 6.31. The van der Waals surface area contributed by atoms with Crippen molar-refractivity contribution >= 4 is 5.69 Å². The van der Waals surface area contributed by atoms with Gasteiger partial charge in [-0.15, -0.1) is 0 Å². The predicted molar refractivity (Wildman–Crippen MR) is 66.9 cm³/mol. The van der Waals surface area contributed by atoms with Crippen molar-refractivity contribution in [1.82, 2.24) is 0 Å². The first kappa shape index (κ1) is 11.1. The lowest BCUT2D eigenvalue weighted by Crippen LogP contribution is -2.34. The Morgan fingerprint density at radius 2 is 1.88 bits per heavy atom. The number of benzene rings is 1. The molecule has 3 atom stereocenters. The zero-order chi connectivity index (χ0) is 11.9. The molecule has 3 nitrogen and oxygen atoms in total. The number of ether oxygens (including phenoxy) is 2. The zero-order valence-corrected chi connectivity index (χ0v) is 10.3. The quantitative estimate of drug-likeness (QED) is 0.852. The number of nitrogens with one attached hydrogen (secondary N) is 1. The molecule has 0 amide bonds. The summed E-state index contributed by atoms with van der Waals surface area (Å²) in [5.74, 6) is -0.424. The molecule has 2 fully saturated rings. The molecule has 1 saturated heterocycles. The van der Waals surface area contributed by atoms with Gasteiger partial charge in [0, 0.05) is 5.69 Å². The van der Waals surface area contributed by atoms with E-state index in [1.54, 1.807) is 0 Å². The Morgan fingerprint density at radius 1 is 1.12 bits per heavy atom. The summed E-state index contributed by atoms with van der Waals surface area (Å²) < 4.78 is 11.9. The molecule has 0 radical (unpaired) electrons. The molecule has 2 aliphatic rings. The summed E-state index contributed by atoms with van der Waals surface area (Å²) in [4.78, 5) is 0. The van der Waals surface area contributed by atoms with Crippen molar-refractivity contribution in [2.75, 3.05) is 5.32 Å². The van der Waals surface area contributed by atoms with Gasteiger partial charge in [0.2, 0.25) is 0 Å². The molecule has 1 aliphatic heterocycles. The largest absolute Gasteiger partial charge is 0.380 e. The van der Waals surface area contributed by atoms with E-state index in [1.165, 1.54) is 0 Å². The van der Waals surface area contributed by atoms with E-state index in [1.807, 2.05) is 32.0 Å². The highest BCUT2D eigenvalue weighted by molar-refractivity contribution is 5.44. The number of anilines is 1. The van der Waals surface area contributed by atoms with Gasteiger partial charge in [-0.1, -0.05) is 18.2 Å². The fourth-order valence-electron chi connectivity index (χ4n) is 2.84. The summed E-state index contributed by atoms with van der Waals surface area (Å²) in [5.41, 5.74) is 1.16. The molecular weight excluding hydrogens is 214 g/mol. The molecule has 0 spiro atoms. The predicted octanol–water partition coefficient (Wildman–Crippen LogP) is 2.78. The fourth-order valence-corrected chi connectivity index (χ4v) is 2.84. The normalized spacial score (nSPS) is 34.6. The van der Waals surface area contributed by atoms with Crippen molar-refractivity contribution in [2.24, 2.45) is 0 Å². The van der Waals surface area contributed by atoms with E-state index < -0.39 is 5.79 Å². The first-order chi connectivity index (χ1) is 8.14. The van der Waals surface area contributed by atoms with Crippen LogP contribution in [0.15, 0.2) is 30.3 Å². The SMILES string of the molecule is CC1(C)O[C@H]2[C@H](Nc3ccccc3)CC[C@H]2O1. The Kier molecular flexibility index (Phi) is 2.60. The molecule has 1 aliphatic carbocycles. The Hall–Kier alpha value is -1.06. The van der Waals surface area contributed by atoms with Gasteiger partial charge in [0.1, 0.15) is 6.10 Å². The van der Waals surface area contributed by atoms with E-state index in [4.69, 9.17) is 9.47 Å². The molecule has 1 heterocycles. The zero-order valence-electron chi connectivity index (χ0n) is 10.3. The lowest BCUT2D eigenvalue weighted by atomic mass is 10.2. The second-order valence-electron chi connectivity index (χ2n) is 5.33. The number of fused-ring (bicyclic) bond motifs is 1. The molecule has 1 aromatic carbocycles. The standard InChI is InChI=1S/C14H19NO2/c1-14(2)16-12-9-8-11(13(12)17-14)15-10-6-4-3-5-7-10/h3-7,11-13,15H,8-9H2,1-2H3/t11-,12-,13+/m1/s1. The molecule has 0 aromatic heterocycles. The molecule has 0 bridgehead atoms. The molecule has 17 heavy (non-hydrogen) atoms. The average Bonchev–Trinajstić information content (AvgIpc) is 2.77. The van der Waals surface area contributed by atoms with Crippen LogP contribution in [0, 0.1) is 0 Å². The van der Waals surface area contributed by atoms with Crippen LogP contribution in [-0.2, 0) is 9.47 Å². The maximum atomic E-state index is 5.97. The minimum Gasteiger partial charge on any atom is -0.380 e. The van der Waals surface area contributed by atoms with E-state index in [-0.39, 0.29) is 12.2 Å². The first-order valence-electron chi connectivity index (χ1n) is 6.31. The van der Waals surface area contributed by atoms with Gasteiger partial charge in [0.25, 0.3) is 0 Å². The van der Waals surface area contributed by atoms with Crippen molar-refractivity contribution in [3.63, 3.8) is 0 Å². The second-order valence-corrected chi connectivity index (χ2v) is 5.33. The van der Waals surface area contributed by atoms with E-state index in [2.05, 4.69) is 17.4 Å². The van der Waals surface area contributed by atoms with Crippen LogP contribution in [0.5, 0.6) is 0 Å². The van der Waals surface area contributed by atoms with Crippen LogP contribution < -0.4 is 5.32 Å². The molecule has 92 valence electrons. The van der Waals surface area contributed by atoms with Gasteiger partial charge < -0.3 is 14.8 Å². The Balaban J connectivity index is 1.70. The molecule has 1 aromatic rings. The molecule has 3 heteroatoms. The Bertz CT molecular complexity index is 390. The van der Waals surface area contributed by atoms with Gasteiger partial charge in [-0.2, -0.15) is 0 Å². The summed E-state index contributed by atoms with van der Waals surface area (Å²) in [6.45, 7) is 3.98. The van der Waals surface area contributed by atoms with Gasteiger partial charge >= 0.3 is 0 Å². The summed E-state index contributed by atoms with van der Waals surface area (Å²) in [6.07, 6.45) is 2.63. The van der Waals surface area contributed by atoms with E-state index in [9.17, 15) is 0 Å². The summed E-state index contributed by atoms with van der Waals surface area (Å²) in [6, 6.07) is 10.7. The highest BCUT2D eigenvalue weighted by atomic mass is 16.8. The van der Waals surface area contributed by atoms with Gasteiger partial charge in [-0.3, -0.25) is 0 Å². The van der Waals surface area contributed by atoms with Crippen molar-refractivity contribution in [3.8, 4) is 0 Å². The lowest BCUT2D eigenvalue weighted by molar-refractivity contribution is -0.151. The third-order valence-electron chi connectivity index (χ3n) is 3.51. The van der Waals surface area contributed by atoms with Crippen molar-refractivity contribution in [1.29, 1.82) is 0 Å². The monoisotopic (exact) mass is 233 g/mol.